The van der Waals surface area contributed by atoms with Gasteiger partial charge in [-0.3, -0.25) is 4.79 Å². The van der Waals surface area contributed by atoms with Crippen LogP contribution in [0.2, 0.25) is 0 Å². The van der Waals surface area contributed by atoms with Gasteiger partial charge in [-0.15, -0.1) is 0 Å². The maximum absolute atomic E-state index is 10.6. The van der Waals surface area contributed by atoms with Crippen LogP contribution in [0.5, 0.6) is 0 Å². The summed E-state index contributed by atoms with van der Waals surface area (Å²) in [5.41, 5.74) is 6.58. The van der Waals surface area contributed by atoms with Crippen molar-refractivity contribution in [2.75, 3.05) is 11.2 Å². The lowest BCUT2D eigenvalue weighted by atomic mass is 10.1. The highest BCUT2D eigenvalue weighted by Crippen LogP contribution is 2.09. The largest absolute Gasteiger partial charge is 0.372 e. The molecule has 5 nitrogen and oxygen atoms in total. The summed E-state index contributed by atoms with van der Waals surface area (Å²) in [6.45, 7) is 0. The second kappa shape index (κ2) is 5.47. The van der Waals surface area contributed by atoms with E-state index in [0.717, 1.165) is 11.3 Å². The van der Waals surface area contributed by atoms with Crippen molar-refractivity contribution in [3.8, 4) is 0 Å². The number of rotatable bonds is 5. The second-order valence-electron chi connectivity index (χ2n) is 2.98. The van der Waals surface area contributed by atoms with Crippen LogP contribution in [0, 0.1) is 0 Å². The first-order chi connectivity index (χ1) is 7.08. The molecule has 0 fully saturated rings. The van der Waals surface area contributed by atoms with Gasteiger partial charge in [0.05, 0.1) is 6.42 Å². The molecule has 0 saturated carbocycles. The van der Waals surface area contributed by atoms with E-state index in [9.17, 15) is 9.00 Å². The molecule has 0 aliphatic carbocycles. The van der Waals surface area contributed by atoms with Crippen LogP contribution < -0.4 is 11.1 Å². The van der Waals surface area contributed by atoms with Crippen molar-refractivity contribution >= 4 is 22.7 Å². The Morgan fingerprint density at radius 3 is 2.47 bits per heavy atom. The van der Waals surface area contributed by atoms with Crippen LogP contribution in [0.1, 0.15) is 5.56 Å². The van der Waals surface area contributed by atoms with Gasteiger partial charge in [-0.25, -0.2) is 4.21 Å². The van der Waals surface area contributed by atoms with E-state index in [1.54, 1.807) is 24.3 Å². The van der Waals surface area contributed by atoms with E-state index < -0.39 is 11.1 Å². The molecule has 0 radical (unpaired) electrons. The van der Waals surface area contributed by atoms with Crippen molar-refractivity contribution in [1.82, 2.24) is 0 Å². The van der Waals surface area contributed by atoms with Crippen molar-refractivity contribution in [2.24, 2.45) is 5.73 Å². The Morgan fingerprint density at radius 1 is 1.40 bits per heavy atom. The number of nitrogens with two attached hydrogens (primary N) is 1. The predicted molar refractivity (Wildman–Crippen MR) is 58.6 cm³/mol. The van der Waals surface area contributed by atoms with Crippen LogP contribution in [0.3, 0.4) is 0 Å². The van der Waals surface area contributed by atoms with Crippen LogP contribution in [-0.2, 0) is 22.3 Å². The minimum atomic E-state index is -1.87. The topological polar surface area (TPSA) is 92.4 Å². The first kappa shape index (κ1) is 11.7. The van der Waals surface area contributed by atoms with Crippen molar-refractivity contribution in [3.05, 3.63) is 29.8 Å². The molecular weight excluding hydrogens is 216 g/mol. The van der Waals surface area contributed by atoms with E-state index in [1.165, 1.54) is 0 Å². The van der Waals surface area contributed by atoms with E-state index in [-0.39, 0.29) is 18.2 Å². The number of nitrogens with one attached hydrogen (secondary N) is 1. The summed E-state index contributed by atoms with van der Waals surface area (Å²) in [5, 5.41) is 2.76. The number of hydrogen-bond acceptors (Lipinski definition) is 3. The van der Waals surface area contributed by atoms with E-state index in [1.807, 2.05) is 0 Å². The molecule has 15 heavy (non-hydrogen) atoms. The molecule has 1 amide bonds. The fraction of sp³-hybridized carbons (Fsp3) is 0.222. The molecule has 0 aliphatic rings. The molecular formula is C9H12N2O3S. The van der Waals surface area contributed by atoms with Gasteiger partial charge in [0.15, 0.2) is 11.1 Å². The monoisotopic (exact) mass is 228 g/mol. The molecule has 0 aromatic heterocycles. The number of hydrogen-bond donors (Lipinski definition) is 3. The van der Waals surface area contributed by atoms with Gasteiger partial charge in [0.1, 0.15) is 5.88 Å². The zero-order valence-corrected chi connectivity index (χ0v) is 8.79. The molecule has 1 aromatic carbocycles. The Balaban J connectivity index is 2.56. The Hall–Kier alpha value is -1.40. The second-order valence-corrected chi connectivity index (χ2v) is 3.91. The van der Waals surface area contributed by atoms with E-state index >= 15 is 0 Å². The van der Waals surface area contributed by atoms with Gasteiger partial charge in [-0.05, 0) is 17.7 Å². The summed E-state index contributed by atoms with van der Waals surface area (Å²) in [6.07, 6.45) is 0.201. The van der Waals surface area contributed by atoms with Gasteiger partial charge in [-0.1, -0.05) is 12.1 Å². The quantitative estimate of drug-likeness (QED) is 0.632. The summed E-state index contributed by atoms with van der Waals surface area (Å²) in [7, 11) is 0. The van der Waals surface area contributed by atoms with Gasteiger partial charge < -0.3 is 15.6 Å². The average molecular weight is 228 g/mol. The van der Waals surface area contributed by atoms with Crippen molar-refractivity contribution in [2.45, 2.75) is 6.42 Å². The molecule has 1 aromatic rings. The molecule has 0 spiro atoms. The number of primary amides is 1. The van der Waals surface area contributed by atoms with Crippen LogP contribution in [-0.4, -0.2) is 20.5 Å². The highest BCUT2D eigenvalue weighted by molar-refractivity contribution is 7.79. The van der Waals surface area contributed by atoms with Gasteiger partial charge >= 0.3 is 0 Å². The third-order valence-corrected chi connectivity index (χ3v) is 2.12. The Morgan fingerprint density at radius 2 is 2.00 bits per heavy atom. The number of amides is 1. The average Bonchev–Trinajstić information content (AvgIpc) is 2.16. The fourth-order valence-corrected chi connectivity index (χ4v) is 1.38. The first-order valence-electron chi connectivity index (χ1n) is 4.26. The fourth-order valence-electron chi connectivity index (χ4n) is 1.09. The maximum atomic E-state index is 10.6. The van der Waals surface area contributed by atoms with Crippen LogP contribution >= 0.6 is 0 Å². The Kier molecular flexibility index (Phi) is 4.26. The molecule has 0 heterocycles. The van der Waals surface area contributed by atoms with E-state index in [2.05, 4.69) is 5.32 Å². The molecule has 1 rings (SSSR count). The molecule has 82 valence electrons. The lowest BCUT2D eigenvalue weighted by Crippen LogP contribution is -2.13. The molecule has 1 unspecified atom stereocenters. The summed E-state index contributed by atoms with van der Waals surface area (Å²) >= 11 is -1.87. The van der Waals surface area contributed by atoms with Crippen molar-refractivity contribution in [1.29, 1.82) is 0 Å². The number of carbonyl (C=O) groups excluding carboxylic acids is 1. The van der Waals surface area contributed by atoms with Crippen LogP contribution in [0.15, 0.2) is 24.3 Å². The number of carbonyl (C=O) groups is 1. The highest BCUT2D eigenvalue weighted by Gasteiger charge is 1.99. The number of anilines is 1. The standard InChI is InChI=1S/C9H12N2O3S/c10-9(12)5-7-1-3-8(4-2-7)11-6-15(13)14/h1-4,11H,5-6H2,(H2,10,12)(H,13,14). The predicted octanol–water partition coefficient (Wildman–Crippen LogP) is 0.305. The lowest BCUT2D eigenvalue weighted by Gasteiger charge is -2.04. The summed E-state index contributed by atoms with van der Waals surface area (Å²) in [6, 6.07) is 6.94. The van der Waals surface area contributed by atoms with Gasteiger partial charge in [0.25, 0.3) is 0 Å². The van der Waals surface area contributed by atoms with Gasteiger partial charge in [-0.2, -0.15) is 0 Å². The van der Waals surface area contributed by atoms with Crippen molar-refractivity contribution < 1.29 is 13.6 Å². The first-order valence-corrected chi connectivity index (χ1v) is 5.54. The Bertz CT molecular complexity index is 364. The minimum absolute atomic E-state index is 0.0187. The lowest BCUT2D eigenvalue weighted by molar-refractivity contribution is -0.117. The Labute approximate surface area is 90.0 Å². The molecule has 0 saturated heterocycles. The van der Waals surface area contributed by atoms with Crippen molar-refractivity contribution in [3.63, 3.8) is 0 Å². The summed E-state index contributed by atoms with van der Waals surface area (Å²) < 4.78 is 18.9. The molecule has 1 atom stereocenters. The number of benzene rings is 1. The zero-order chi connectivity index (χ0) is 11.3. The SMILES string of the molecule is NC(=O)Cc1ccc(NCS(=O)O)cc1. The van der Waals surface area contributed by atoms with E-state index in [4.69, 9.17) is 10.3 Å². The molecule has 0 bridgehead atoms. The highest BCUT2D eigenvalue weighted by atomic mass is 32.2. The molecule has 0 aliphatic heterocycles. The molecule has 6 heteroatoms. The van der Waals surface area contributed by atoms with Crippen LogP contribution in [0.4, 0.5) is 5.69 Å². The summed E-state index contributed by atoms with van der Waals surface area (Å²) in [4.78, 5) is 10.6. The minimum Gasteiger partial charge on any atom is -0.372 e. The summed E-state index contributed by atoms with van der Waals surface area (Å²) in [5.74, 6) is -0.401. The maximum Gasteiger partial charge on any atom is 0.221 e. The van der Waals surface area contributed by atoms with Crippen LogP contribution in [0.25, 0.3) is 0 Å². The van der Waals surface area contributed by atoms with E-state index in [0.29, 0.717) is 0 Å². The van der Waals surface area contributed by atoms with Gasteiger partial charge in [0, 0.05) is 5.69 Å². The normalized spacial score (nSPS) is 12.1. The van der Waals surface area contributed by atoms with Gasteiger partial charge in [0.2, 0.25) is 5.91 Å². The molecule has 4 N–H and O–H groups in total. The smallest absolute Gasteiger partial charge is 0.221 e. The zero-order valence-electron chi connectivity index (χ0n) is 7.97. The third-order valence-electron chi connectivity index (χ3n) is 1.73. The third kappa shape index (κ3) is 4.57.